The van der Waals surface area contributed by atoms with Gasteiger partial charge in [0, 0.05) is 23.2 Å². The molecule has 86 valence electrons. The van der Waals surface area contributed by atoms with Crippen LogP contribution in [0.15, 0.2) is 30.5 Å². The molecule has 0 saturated heterocycles. The van der Waals surface area contributed by atoms with Crippen LogP contribution in [-0.2, 0) is 11.2 Å². The summed E-state index contributed by atoms with van der Waals surface area (Å²) in [5.74, 6) is -0.348. The van der Waals surface area contributed by atoms with E-state index >= 15 is 0 Å². The molecule has 0 bridgehead atoms. The first-order valence-electron chi connectivity index (χ1n) is 5.25. The van der Waals surface area contributed by atoms with Crippen LogP contribution in [0.5, 0.6) is 0 Å². The molecule has 0 N–H and O–H groups in total. The average Bonchev–Trinajstić information content (AvgIpc) is 2.75. The Balaban J connectivity index is 2.05. The molecule has 4 nitrogen and oxygen atoms in total. The lowest BCUT2D eigenvalue weighted by molar-refractivity contribution is 0.0473. The van der Waals surface area contributed by atoms with Crippen LogP contribution in [0.3, 0.4) is 0 Å². The molecule has 0 amide bonds. The molecule has 17 heavy (non-hydrogen) atoms. The lowest BCUT2D eigenvalue weighted by atomic mass is 10.1. The van der Waals surface area contributed by atoms with Crippen molar-refractivity contribution >= 4 is 17.6 Å². The minimum Gasteiger partial charge on any atom is -0.461 e. The van der Waals surface area contributed by atoms with Gasteiger partial charge >= 0.3 is 5.97 Å². The molecule has 0 spiro atoms. The van der Waals surface area contributed by atoms with Crippen LogP contribution < -0.4 is 0 Å². The highest BCUT2D eigenvalue weighted by atomic mass is 35.5. The third-order valence-corrected chi connectivity index (χ3v) is 2.93. The number of carbonyl (C=O) groups excluding carboxylic acids is 1. The number of benzene rings is 1. The largest absolute Gasteiger partial charge is 0.461 e. The molecule has 0 aliphatic carbocycles. The van der Waals surface area contributed by atoms with Crippen molar-refractivity contribution in [3.63, 3.8) is 0 Å². The van der Waals surface area contributed by atoms with E-state index in [9.17, 15) is 4.79 Å². The quantitative estimate of drug-likeness (QED) is 0.727. The topological polar surface area (TPSA) is 44.1 Å². The summed E-state index contributed by atoms with van der Waals surface area (Å²) in [6.45, 7) is 0.429. The predicted octanol–water partition coefficient (Wildman–Crippen LogP) is 2.24. The lowest BCUT2D eigenvalue weighted by Crippen LogP contribution is -2.16. The van der Waals surface area contributed by atoms with Crippen molar-refractivity contribution in [3.05, 3.63) is 46.7 Å². The highest BCUT2D eigenvalue weighted by Crippen LogP contribution is 2.19. The highest BCUT2D eigenvalue weighted by Gasteiger charge is 2.22. The van der Waals surface area contributed by atoms with Crippen LogP contribution in [0.25, 0.3) is 5.69 Å². The first-order chi connectivity index (χ1) is 8.24. The molecular formula is C12H9ClN2O2. The molecule has 0 unspecified atom stereocenters. The second-order valence-electron chi connectivity index (χ2n) is 3.81. The van der Waals surface area contributed by atoms with Crippen LogP contribution in [0.4, 0.5) is 0 Å². The summed E-state index contributed by atoms with van der Waals surface area (Å²) in [4.78, 5) is 11.5. The molecule has 2 heterocycles. The molecule has 2 aromatic rings. The molecule has 0 radical (unpaired) electrons. The van der Waals surface area contributed by atoms with E-state index in [2.05, 4.69) is 5.10 Å². The second-order valence-corrected chi connectivity index (χ2v) is 4.25. The number of fused-ring (bicyclic) bond motifs is 1. The SMILES string of the molecule is O=C1OCCc2cn(-c3ccc(Cl)cc3)nc21. The zero-order valence-electron chi connectivity index (χ0n) is 8.89. The fraction of sp³-hybridized carbons (Fsp3) is 0.167. The molecule has 1 aliphatic heterocycles. The van der Waals surface area contributed by atoms with Crippen molar-refractivity contribution in [1.29, 1.82) is 0 Å². The molecule has 0 atom stereocenters. The van der Waals surface area contributed by atoms with Crippen LogP contribution >= 0.6 is 11.6 Å². The summed E-state index contributed by atoms with van der Waals surface area (Å²) in [7, 11) is 0. The van der Waals surface area contributed by atoms with Gasteiger partial charge in [-0.1, -0.05) is 11.6 Å². The molecule has 1 aromatic carbocycles. The Bertz CT molecular complexity index is 575. The van der Waals surface area contributed by atoms with E-state index in [1.165, 1.54) is 0 Å². The Kier molecular flexibility index (Phi) is 2.37. The van der Waals surface area contributed by atoms with Crippen molar-refractivity contribution < 1.29 is 9.53 Å². The Morgan fingerprint density at radius 1 is 1.29 bits per heavy atom. The van der Waals surface area contributed by atoms with Crippen molar-refractivity contribution in [1.82, 2.24) is 9.78 Å². The summed E-state index contributed by atoms with van der Waals surface area (Å²) in [5, 5.41) is 4.90. The van der Waals surface area contributed by atoms with Crippen molar-refractivity contribution in [2.24, 2.45) is 0 Å². The summed E-state index contributed by atoms with van der Waals surface area (Å²) >= 11 is 5.82. The van der Waals surface area contributed by atoms with Gasteiger partial charge < -0.3 is 4.74 Å². The summed E-state index contributed by atoms with van der Waals surface area (Å²) < 4.78 is 6.61. The number of cyclic esters (lactones) is 1. The van der Waals surface area contributed by atoms with Gasteiger partial charge in [0.05, 0.1) is 12.3 Å². The first-order valence-corrected chi connectivity index (χ1v) is 5.63. The van der Waals surface area contributed by atoms with E-state index in [1.54, 1.807) is 16.8 Å². The minimum absolute atomic E-state index is 0.348. The molecule has 1 aliphatic rings. The number of ether oxygens (including phenoxy) is 1. The van der Waals surface area contributed by atoms with E-state index in [-0.39, 0.29) is 5.97 Å². The van der Waals surface area contributed by atoms with E-state index in [0.29, 0.717) is 23.7 Å². The number of rotatable bonds is 1. The fourth-order valence-electron chi connectivity index (χ4n) is 1.81. The molecule has 0 fully saturated rings. The molecule has 1 aromatic heterocycles. The standard InChI is InChI=1S/C12H9ClN2O2/c13-9-1-3-10(4-2-9)15-7-8-5-6-17-12(16)11(8)14-15/h1-4,7H,5-6H2. The number of hydrogen-bond donors (Lipinski definition) is 0. The smallest absolute Gasteiger partial charge is 0.359 e. The molecule has 0 saturated carbocycles. The molecule has 5 heteroatoms. The van der Waals surface area contributed by atoms with Gasteiger partial charge in [-0.05, 0) is 24.3 Å². The van der Waals surface area contributed by atoms with Gasteiger partial charge in [-0.3, -0.25) is 0 Å². The van der Waals surface area contributed by atoms with Gasteiger partial charge in [0.25, 0.3) is 0 Å². The monoisotopic (exact) mass is 248 g/mol. The van der Waals surface area contributed by atoms with E-state index in [1.807, 2.05) is 18.3 Å². The van der Waals surface area contributed by atoms with Gasteiger partial charge in [-0.2, -0.15) is 5.10 Å². The third kappa shape index (κ3) is 1.80. The van der Waals surface area contributed by atoms with Crippen molar-refractivity contribution in [2.75, 3.05) is 6.61 Å². The highest BCUT2D eigenvalue weighted by molar-refractivity contribution is 6.30. The number of esters is 1. The normalized spacial score (nSPS) is 14.3. The summed E-state index contributed by atoms with van der Waals surface area (Å²) in [6.07, 6.45) is 2.58. The lowest BCUT2D eigenvalue weighted by Gasteiger charge is -2.08. The van der Waals surface area contributed by atoms with Gasteiger partial charge in [-0.15, -0.1) is 0 Å². The van der Waals surface area contributed by atoms with E-state index < -0.39 is 0 Å². The number of aromatic nitrogens is 2. The maximum atomic E-state index is 11.5. The van der Waals surface area contributed by atoms with Gasteiger partial charge in [0.2, 0.25) is 0 Å². The number of carbonyl (C=O) groups is 1. The van der Waals surface area contributed by atoms with Crippen LogP contribution in [0, 0.1) is 0 Å². The number of halogens is 1. The summed E-state index contributed by atoms with van der Waals surface area (Å²) in [6, 6.07) is 7.28. The van der Waals surface area contributed by atoms with Crippen LogP contribution in [0.1, 0.15) is 16.1 Å². The maximum Gasteiger partial charge on any atom is 0.359 e. The van der Waals surface area contributed by atoms with Gasteiger partial charge in [-0.25, -0.2) is 9.48 Å². The van der Waals surface area contributed by atoms with Crippen molar-refractivity contribution in [2.45, 2.75) is 6.42 Å². The van der Waals surface area contributed by atoms with Gasteiger partial charge in [0.1, 0.15) is 0 Å². The predicted molar refractivity (Wildman–Crippen MR) is 62.6 cm³/mol. The Hall–Kier alpha value is -1.81. The fourth-order valence-corrected chi connectivity index (χ4v) is 1.94. The first kappa shape index (κ1) is 10.4. The van der Waals surface area contributed by atoms with Crippen molar-refractivity contribution in [3.8, 4) is 5.69 Å². The van der Waals surface area contributed by atoms with E-state index in [0.717, 1.165) is 11.3 Å². The van der Waals surface area contributed by atoms with Crippen LogP contribution in [0.2, 0.25) is 5.02 Å². The molecule has 3 rings (SSSR count). The Labute approximate surface area is 103 Å². The molecular weight excluding hydrogens is 240 g/mol. The summed E-state index contributed by atoms with van der Waals surface area (Å²) in [5.41, 5.74) is 2.21. The number of nitrogens with zero attached hydrogens (tertiary/aromatic N) is 2. The Morgan fingerprint density at radius 3 is 2.76 bits per heavy atom. The second kappa shape index (κ2) is 3.89. The van der Waals surface area contributed by atoms with E-state index in [4.69, 9.17) is 16.3 Å². The zero-order valence-corrected chi connectivity index (χ0v) is 9.65. The zero-order chi connectivity index (χ0) is 11.8. The third-order valence-electron chi connectivity index (χ3n) is 2.68. The minimum atomic E-state index is -0.348. The van der Waals surface area contributed by atoms with Crippen LogP contribution in [-0.4, -0.2) is 22.4 Å². The maximum absolute atomic E-state index is 11.5. The average molecular weight is 249 g/mol. The van der Waals surface area contributed by atoms with Gasteiger partial charge in [0.15, 0.2) is 5.69 Å². The number of hydrogen-bond acceptors (Lipinski definition) is 3. The Morgan fingerprint density at radius 2 is 2.06 bits per heavy atom.